The number of aliphatic hydroxyl groups excluding tert-OH is 9. The van der Waals surface area contributed by atoms with Crippen LogP contribution in [0.2, 0.25) is 0 Å². The van der Waals surface area contributed by atoms with E-state index in [1.165, 1.54) is 6.92 Å². The lowest BCUT2D eigenvalue weighted by Gasteiger charge is -1.96. The molecule has 0 saturated carbocycles. The van der Waals surface area contributed by atoms with Crippen LogP contribution >= 0.6 is 0 Å². The molecule has 9 nitrogen and oxygen atoms in total. The van der Waals surface area contributed by atoms with E-state index in [1.807, 2.05) is 0 Å². The average Bonchev–Trinajstić information content (AvgIpc) is 2.59. The first-order chi connectivity index (χ1) is 10.9. The Bertz CT molecular complexity index is 147. The Morgan fingerprint density at radius 2 is 0.826 bits per heavy atom. The summed E-state index contributed by atoms with van der Waals surface area (Å²) in [5, 5.41) is 71.9. The normalized spacial score (nSPS) is 10.6. The number of rotatable bonds is 9. The van der Waals surface area contributed by atoms with Gasteiger partial charge in [0.2, 0.25) is 0 Å². The molecule has 0 aliphatic rings. The molecule has 0 fully saturated rings. The van der Waals surface area contributed by atoms with Crippen LogP contribution in [0.15, 0.2) is 0 Å². The fraction of sp³-hybridized carbons (Fsp3) is 1.00. The Kier molecular flexibility index (Phi) is 44.2. The molecule has 0 radical (unpaired) electrons. The van der Waals surface area contributed by atoms with Crippen molar-refractivity contribution in [2.45, 2.75) is 44.8 Å². The summed E-state index contributed by atoms with van der Waals surface area (Å²) in [7, 11) is 0. The minimum atomic E-state index is -0.954. The molecule has 9 N–H and O–H groups in total. The predicted molar refractivity (Wildman–Crippen MR) is 85.8 cm³/mol. The van der Waals surface area contributed by atoms with Crippen LogP contribution in [0.5, 0.6) is 0 Å². The van der Waals surface area contributed by atoms with Crippen LogP contribution in [-0.4, -0.2) is 104 Å². The van der Waals surface area contributed by atoms with Gasteiger partial charge in [-0.3, -0.25) is 0 Å². The smallest absolute Gasteiger partial charge is 0.100 e. The first-order valence-corrected chi connectivity index (χ1v) is 7.53. The van der Waals surface area contributed by atoms with Crippen LogP contribution in [0, 0.1) is 0 Å². The van der Waals surface area contributed by atoms with E-state index in [-0.39, 0.29) is 46.2 Å². The van der Waals surface area contributed by atoms with E-state index >= 15 is 0 Å². The average molecular weight is 348 g/mol. The summed E-state index contributed by atoms with van der Waals surface area (Å²) in [5.41, 5.74) is 0. The summed E-state index contributed by atoms with van der Waals surface area (Å²) in [4.78, 5) is 0. The zero-order valence-electron chi connectivity index (χ0n) is 14.0. The summed E-state index contributed by atoms with van der Waals surface area (Å²) < 4.78 is 0. The molecule has 1 unspecified atom stereocenters. The van der Waals surface area contributed by atoms with Gasteiger partial charge < -0.3 is 46.0 Å². The molecule has 0 amide bonds. The van der Waals surface area contributed by atoms with Crippen molar-refractivity contribution < 1.29 is 46.0 Å². The number of aliphatic hydroxyl groups is 9. The highest BCUT2D eigenvalue weighted by molar-refractivity contribution is 4.44. The standard InChI is InChI=1S/C6H14O2.C3H8O3.C3H8O2.C2H6O2/c7-5-3-1-2-4-6-8;4-1-3(6)2-5;1-3(5)2-4;3-1-2-4/h7-8H,1-6H2;3-6H,1-2H2;3-5H,2H2,1H3;3-4H,1-2H2. The topological polar surface area (TPSA) is 182 Å². The van der Waals surface area contributed by atoms with Crippen LogP contribution < -0.4 is 0 Å². The molecule has 1 atom stereocenters. The monoisotopic (exact) mass is 348 g/mol. The third-order valence-electron chi connectivity index (χ3n) is 1.85. The van der Waals surface area contributed by atoms with E-state index in [0.29, 0.717) is 0 Å². The Balaban J connectivity index is -0.000000108. The molecule has 0 heterocycles. The summed E-state index contributed by atoms with van der Waals surface area (Å²) in [6.45, 7) is 0.976. The molecule has 146 valence electrons. The summed E-state index contributed by atoms with van der Waals surface area (Å²) >= 11 is 0. The second-order valence-electron chi connectivity index (χ2n) is 4.36. The molecule has 0 saturated heterocycles. The minimum absolute atomic E-state index is 0.125. The van der Waals surface area contributed by atoms with Gasteiger partial charge in [-0.15, -0.1) is 0 Å². The van der Waals surface area contributed by atoms with Gasteiger partial charge in [-0.05, 0) is 19.8 Å². The molecule has 0 rings (SSSR count). The second-order valence-corrected chi connectivity index (χ2v) is 4.36. The van der Waals surface area contributed by atoms with E-state index in [2.05, 4.69) is 0 Å². The SMILES string of the molecule is CC(O)CO.OCC(O)CO.OCCCCCCO.OCCO. The Hall–Kier alpha value is -0.360. The molecule has 0 spiro atoms. The lowest BCUT2D eigenvalue weighted by atomic mass is 10.2. The van der Waals surface area contributed by atoms with Gasteiger partial charge in [0.1, 0.15) is 6.10 Å². The van der Waals surface area contributed by atoms with Gasteiger partial charge in [-0.2, -0.15) is 0 Å². The summed E-state index contributed by atoms with van der Waals surface area (Å²) in [6.07, 6.45) is 2.31. The summed E-state index contributed by atoms with van der Waals surface area (Å²) in [6, 6.07) is 0. The van der Waals surface area contributed by atoms with Gasteiger partial charge in [0.05, 0.1) is 39.1 Å². The van der Waals surface area contributed by atoms with E-state index in [1.54, 1.807) is 0 Å². The van der Waals surface area contributed by atoms with Gasteiger partial charge in [0.25, 0.3) is 0 Å². The molecular weight excluding hydrogens is 312 g/mol. The van der Waals surface area contributed by atoms with Crippen LogP contribution in [0.25, 0.3) is 0 Å². The fourth-order valence-electron chi connectivity index (χ4n) is 0.635. The van der Waals surface area contributed by atoms with Crippen molar-refractivity contribution in [1.29, 1.82) is 0 Å². The Morgan fingerprint density at radius 3 is 0.913 bits per heavy atom. The molecule has 0 bridgehead atoms. The van der Waals surface area contributed by atoms with Crippen LogP contribution in [0.4, 0.5) is 0 Å². The molecule has 0 aliphatic carbocycles. The van der Waals surface area contributed by atoms with E-state index in [0.717, 1.165) is 25.7 Å². The van der Waals surface area contributed by atoms with E-state index in [9.17, 15) is 0 Å². The van der Waals surface area contributed by atoms with E-state index in [4.69, 9.17) is 46.0 Å². The third-order valence-corrected chi connectivity index (χ3v) is 1.85. The lowest BCUT2D eigenvalue weighted by Crippen LogP contribution is -2.15. The Labute approximate surface area is 138 Å². The van der Waals surface area contributed by atoms with Crippen LogP contribution in [0.1, 0.15) is 32.6 Å². The van der Waals surface area contributed by atoms with Gasteiger partial charge >= 0.3 is 0 Å². The molecule has 9 heteroatoms. The van der Waals surface area contributed by atoms with Crippen molar-refractivity contribution in [3.8, 4) is 0 Å². The molecule has 0 aromatic rings. The highest BCUT2D eigenvalue weighted by atomic mass is 16.3. The minimum Gasteiger partial charge on any atom is -0.396 e. The number of unbranched alkanes of at least 4 members (excludes halogenated alkanes) is 3. The highest BCUT2D eigenvalue weighted by Crippen LogP contribution is 1.96. The maximum absolute atomic E-state index is 8.30. The van der Waals surface area contributed by atoms with Crippen LogP contribution in [-0.2, 0) is 0 Å². The van der Waals surface area contributed by atoms with E-state index < -0.39 is 12.2 Å². The quantitative estimate of drug-likeness (QED) is 0.199. The van der Waals surface area contributed by atoms with Gasteiger partial charge in [0, 0.05) is 13.2 Å². The van der Waals surface area contributed by atoms with Crippen molar-refractivity contribution in [2.75, 3.05) is 46.2 Å². The van der Waals surface area contributed by atoms with Gasteiger partial charge in [-0.25, -0.2) is 0 Å². The first-order valence-electron chi connectivity index (χ1n) is 7.53. The molecular formula is C14H36O9. The predicted octanol–water partition coefficient (Wildman–Crippen LogP) is -2.81. The fourth-order valence-corrected chi connectivity index (χ4v) is 0.635. The van der Waals surface area contributed by atoms with Crippen molar-refractivity contribution in [3.05, 3.63) is 0 Å². The Morgan fingerprint density at radius 1 is 0.522 bits per heavy atom. The largest absolute Gasteiger partial charge is 0.396 e. The number of hydrogen-bond donors (Lipinski definition) is 9. The maximum Gasteiger partial charge on any atom is 0.100 e. The third kappa shape index (κ3) is 61.6. The van der Waals surface area contributed by atoms with Crippen LogP contribution in [0.3, 0.4) is 0 Å². The molecule has 0 aromatic carbocycles. The first kappa shape index (κ1) is 30.5. The zero-order valence-corrected chi connectivity index (χ0v) is 14.0. The van der Waals surface area contributed by atoms with Crippen molar-refractivity contribution in [1.82, 2.24) is 0 Å². The number of hydrogen-bond acceptors (Lipinski definition) is 9. The zero-order chi connectivity index (χ0) is 18.9. The van der Waals surface area contributed by atoms with Gasteiger partial charge in [-0.1, -0.05) is 12.8 Å². The molecule has 0 aliphatic heterocycles. The van der Waals surface area contributed by atoms with Gasteiger partial charge in [0.15, 0.2) is 0 Å². The molecule has 23 heavy (non-hydrogen) atoms. The van der Waals surface area contributed by atoms with Crippen molar-refractivity contribution in [2.24, 2.45) is 0 Å². The van der Waals surface area contributed by atoms with Crippen molar-refractivity contribution in [3.63, 3.8) is 0 Å². The molecule has 0 aromatic heterocycles. The lowest BCUT2D eigenvalue weighted by molar-refractivity contribution is 0.0450. The van der Waals surface area contributed by atoms with Crippen molar-refractivity contribution >= 4 is 0 Å². The second kappa shape index (κ2) is 33.3. The summed E-state index contributed by atoms with van der Waals surface area (Å²) in [5.74, 6) is 0. The maximum atomic E-state index is 8.30. The highest BCUT2D eigenvalue weighted by Gasteiger charge is 1.93.